The summed E-state index contributed by atoms with van der Waals surface area (Å²) in [5.74, 6) is -1.54. The molecule has 1 aliphatic rings. The van der Waals surface area contributed by atoms with Gasteiger partial charge in [-0.3, -0.25) is 4.79 Å². The van der Waals surface area contributed by atoms with Gasteiger partial charge in [0.2, 0.25) is 0 Å². The number of unbranched alkanes of at least 4 members (excludes halogenated alkanes) is 1. The lowest BCUT2D eigenvalue weighted by atomic mass is 10.4. The summed E-state index contributed by atoms with van der Waals surface area (Å²) in [4.78, 5) is 11.3. The maximum absolute atomic E-state index is 11.7. The zero-order chi connectivity index (χ0) is 14.3. The van der Waals surface area contributed by atoms with Crippen molar-refractivity contribution in [2.24, 2.45) is 0 Å². The summed E-state index contributed by atoms with van der Waals surface area (Å²) in [6, 6.07) is 0. The van der Waals surface area contributed by atoms with Crippen LogP contribution in [0.2, 0.25) is 0 Å². The van der Waals surface area contributed by atoms with Crippen LogP contribution in [0.25, 0.3) is 0 Å². The molecular formula is C11H16O5S3. The van der Waals surface area contributed by atoms with Crippen LogP contribution in [0.15, 0.2) is 20.8 Å². The van der Waals surface area contributed by atoms with Crippen molar-refractivity contribution in [2.45, 2.75) is 19.8 Å². The molecule has 0 aliphatic carbocycles. The minimum absolute atomic E-state index is 0.146. The molecule has 1 heterocycles. The van der Waals surface area contributed by atoms with Crippen LogP contribution in [0.1, 0.15) is 19.8 Å². The third kappa shape index (κ3) is 6.93. The molecule has 0 aromatic heterocycles. The molecular weight excluding hydrogens is 308 g/mol. The van der Waals surface area contributed by atoms with Crippen LogP contribution < -0.4 is 0 Å². The third-order valence-electron chi connectivity index (χ3n) is 2.08. The molecule has 0 bridgehead atoms. The zero-order valence-electron chi connectivity index (χ0n) is 10.5. The molecule has 0 unspecified atom stereocenters. The van der Waals surface area contributed by atoms with E-state index in [9.17, 15) is 13.2 Å². The van der Waals surface area contributed by atoms with Crippen molar-refractivity contribution in [2.75, 3.05) is 18.1 Å². The molecule has 1 N–H and O–H groups in total. The first-order valence-electron chi connectivity index (χ1n) is 5.73. The number of carbonyl (C=O) groups is 1. The monoisotopic (exact) mass is 324 g/mol. The van der Waals surface area contributed by atoms with Crippen LogP contribution in [-0.2, 0) is 19.4 Å². The Balaban J connectivity index is 2.38. The van der Waals surface area contributed by atoms with Crippen LogP contribution in [0, 0.1) is 0 Å². The Morgan fingerprint density at radius 1 is 1.53 bits per heavy atom. The van der Waals surface area contributed by atoms with Crippen LogP contribution in [0.4, 0.5) is 0 Å². The second kappa shape index (κ2) is 7.86. The highest BCUT2D eigenvalue weighted by Gasteiger charge is 2.18. The fourth-order valence-electron chi connectivity index (χ4n) is 1.15. The quantitative estimate of drug-likeness (QED) is 0.569. The maximum atomic E-state index is 11.7. The molecule has 0 aromatic rings. The smallest absolute Gasteiger partial charge is 0.321 e. The molecule has 0 spiro atoms. The number of rotatable bonds is 7. The molecule has 0 saturated heterocycles. The molecule has 0 amide bonds. The van der Waals surface area contributed by atoms with E-state index in [0.717, 1.165) is 24.6 Å². The van der Waals surface area contributed by atoms with Gasteiger partial charge in [-0.05, 0) is 24.3 Å². The second-order valence-electron chi connectivity index (χ2n) is 3.83. The van der Waals surface area contributed by atoms with E-state index >= 15 is 0 Å². The molecule has 0 aromatic carbocycles. The molecule has 0 atom stereocenters. The van der Waals surface area contributed by atoms with Gasteiger partial charge < -0.3 is 9.84 Å². The number of thioether (sulfide) groups is 2. The number of ether oxygens (including phenoxy) is 1. The lowest BCUT2D eigenvalue weighted by Crippen LogP contribution is -2.20. The van der Waals surface area contributed by atoms with Gasteiger partial charge in [0.15, 0.2) is 14.9 Å². The highest BCUT2D eigenvalue weighted by Crippen LogP contribution is 2.41. The minimum Gasteiger partial charge on any atom is -0.501 e. The Hall–Kier alpha value is -0.600. The van der Waals surface area contributed by atoms with Gasteiger partial charge in [0.05, 0.1) is 12.4 Å². The van der Waals surface area contributed by atoms with E-state index in [1.807, 2.05) is 6.92 Å². The number of esters is 1. The lowest BCUT2D eigenvalue weighted by molar-refractivity contribution is -0.140. The molecule has 1 aliphatic heterocycles. The van der Waals surface area contributed by atoms with Gasteiger partial charge in [-0.15, -0.1) is 0 Å². The van der Waals surface area contributed by atoms with Crippen molar-refractivity contribution in [1.29, 1.82) is 0 Å². The lowest BCUT2D eigenvalue weighted by Gasteiger charge is -2.04. The summed E-state index contributed by atoms with van der Waals surface area (Å²) in [5, 5.41) is 10.8. The summed E-state index contributed by atoms with van der Waals surface area (Å²) < 4.78 is 28.8. The van der Waals surface area contributed by atoms with E-state index in [2.05, 4.69) is 0 Å². The number of aliphatic hydroxyl groups is 1. The summed E-state index contributed by atoms with van der Waals surface area (Å²) in [6.07, 6.45) is 3.11. The van der Waals surface area contributed by atoms with E-state index < -0.39 is 21.6 Å². The normalized spacial score (nSPS) is 17.5. The van der Waals surface area contributed by atoms with Crippen molar-refractivity contribution in [3.05, 3.63) is 20.8 Å². The number of hydrogen-bond donors (Lipinski definition) is 1. The molecule has 0 fully saturated rings. The average molecular weight is 324 g/mol. The number of aliphatic hydroxyl groups excluding tert-OH is 1. The summed E-state index contributed by atoms with van der Waals surface area (Å²) in [6.45, 7) is 2.21. The first-order valence-corrected chi connectivity index (χ1v) is 9.24. The minimum atomic E-state index is -3.51. The van der Waals surface area contributed by atoms with Gasteiger partial charge in [-0.25, -0.2) is 8.42 Å². The fourth-order valence-corrected chi connectivity index (χ4v) is 4.05. The molecule has 1 rings (SSSR count). The maximum Gasteiger partial charge on any atom is 0.321 e. The molecule has 108 valence electrons. The average Bonchev–Trinajstić information content (AvgIpc) is 2.72. The summed E-state index contributed by atoms with van der Waals surface area (Å²) >= 11 is 2.36. The van der Waals surface area contributed by atoms with Crippen LogP contribution in [0.3, 0.4) is 0 Å². The van der Waals surface area contributed by atoms with E-state index in [0.29, 0.717) is 4.24 Å². The standard InChI is InChI=1S/C11H16O5S3/c1-2-3-5-16-9(12)8-19(14,15)6-4-11-17-7-10(13)18-11/h4,7,13H,2-3,5-6,8H2,1H3. The van der Waals surface area contributed by atoms with Gasteiger partial charge in [0, 0.05) is 9.65 Å². The Kier molecular flexibility index (Phi) is 6.81. The van der Waals surface area contributed by atoms with Gasteiger partial charge in [-0.2, -0.15) is 0 Å². The van der Waals surface area contributed by atoms with Crippen molar-refractivity contribution in [3.63, 3.8) is 0 Å². The van der Waals surface area contributed by atoms with Gasteiger partial charge in [-0.1, -0.05) is 25.1 Å². The first-order chi connectivity index (χ1) is 8.93. The van der Waals surface area contributed by atoms with E-state index in [-0.39, 0.29) is 17.5 Å². The Bertz CT molecular complexity index is 479. The summed E-state index contributed by atoms with van der Waals surface area (Å²) in [7, 11) is -3.51. The first kappa shape index (κ1) is 16.5. The molecule has 0 radical (unpaired) electrons. The molecule has 8 heteroatoms. The van der Waals surface area contributed by atoms with Gasteiger partial charge in [0.1, 0.15) is 5.75 Å². The van der Waals surface area contributed by atoms with E-state index in [4.69, 9.17) is 9.84 Å². The molecule has 19 heavy (non-hydrogen) atoms. The Morgan fingerprint density at radius 2 is 2.26 bits per heavy atom. The predicted octanol–water partition coefficient (Wildman–Crippen LogP) is 2.42. The number of sulfone groups is 1. The van der Waals surface area contributed by atoms with Crippen LogP contribution in [0.5, 0.6) is 0 Å². The summed E-state index contributed by atoms with van der Waals surface area (Å²) in [5.41, 5.74) is 0. The van der Waals surface area contributed by atoms with E-state index in [1.54, 1.807) is 0 Å². The van der Waals surface area contributed by atoms with Crippen molar-refractivity contribution >= 4 is 39.3 Å². The topological polar surface area (TPSA) is 80.7 Å². The van der Waals surface area contributed by atoms with Crippen molar-refractivity contribution in [1.82, 2.24) is 0 Å². The van der Waals surface area contributed by atoms with Crippen molar-refractivity contribution in [3.8, 4) is 0 Å². The molecule has 5 nitrogen and oxygen atoms in total. The Labute approximate surface area is 121 Å². The zero-order valence-corrected chi connectivity index (χ0v) is 12.9. The third-order valence-corrected chi connectivity index (χ3v) is 5.56. The highest BCUT2D eigenvalue weighted by atomic mass is 32.2. The predicted molar refractivity (Wildman–Crippen MR) is 78.5 cm³/mol. The van der Waals surface area contributed by atoms with Gasteiger partial charge in [0.25, 0.3) is 0 Å². The Morgan fingerprint density at radius 3 is 2.84 bits per heavy atom. The largest absolute Gasteiger partial charge is 0.501 e. The van der Waals surface area contributed by atoms with E-state index in [1.165, 1.54) is 23.2 Å². The highest BCUT2D eigenvalue weighted by molar-refractivity contribution is 8.27. The van der Waals surface area contributed by atoms with Crippen molar-refractivity contribution < 1.29 is 23.1 Å². The number of hydrogen-bond acceptors (Lipinski definition) is 7. The second-order valence-corrected chi connectivity index (χ2v) is 8.17. The van der Waals surface area contributed by atoms with Crippen LogP contribution in [-0.4, -0.2) is 37.6 Å². The fraction of sp³-hybridized carbons (Fsp3) is 0.545. The number of carbonyl (C=O) groups excluding carboxylic acids is 1. The van der Waals surface area contributed by atoms with Crippen LogP contribution >= 0.6 is 23.5 Å². The SMILES string of the molecule is CCCCOC(=O)CS(=O)(=O)CC=C1SC=C(O)S1. The molecule has 0 saturated carbocycles. The van der Waals surface area contributed by atoms with Gasteiger partial charge >= 0.3 is 5.97 Å².